The van der Waals surface area contributed by atoms with Gasteiger partial charge in [-0.3, -0.25) is 4.79 Å². The van der Waals surface area contributed by atoms with Crippen molar-refractivity contribution < 1.29 is 14.3 Å². The molecule has 30 heavy (non-hydrogen) atoms. The summed E-state index contributed by atoms with van der Waals surface area (Å²) in [5.74, 6) is 1.60. The number of nitrogens with zero attached hydrogens (tertiary/aromatic N) is 2. The minimum Gasteiger partial charge on any atom is -0.494 e. The van der Waals surface area contributed by atoms with Gasteiger partial charge in [-0.2, -0.15) is 5.26 Å². The first-order valence-electron chi connectivity index (χ1n) is 9.48. The number of pyridine rings is 1. The van der Waals surface area contributed by atoms with Gasteiger partial charge < -0.3 is 14.8 Å². The highest BCUT2D eigenvalue weighted by Crippen LogP contribution is 2.23. The monoisotopic (exact) mass is 399 g/mol. The summed E-state index contributed by atoms with van der Waals surface area (Å²) in [6, 6.07) is 20.1. The van der Waals surface area contributed by atoms with E-state index in [0.717, 1.165) is 11.3 Å². The van der Waals surface area contributed by atoms with Gasteiger partial charge in [0.25, 0.3) is 0 Å². The number of nitriles is 1. The molecule has 1 amide bonds. The van der Waals surface area contributed by atoms with Gasteiger partial charge in [-0.05, 0) is 60.5 Å². The number of carbonyl (C=O) groups is 1. The fourth-order valence-electron chi connectivity index (χ4n) is 2.67. The van der Waals surface area contributed by atoms with Crippen molar-refractivity contribution in [1.29, 1.82) is 5.26 Å². The van der Waals surface area contributed by atoms with Crippen LogP contribution < -0.4 is 14.8 Å². The van der Waals surface area contributed by atoms with E-state index < -0.39 is 0 Å². The van der Waals surface area contributed by atoms with Gasteiger partial charge in [0.2, 0.25) is 11.8 Å². The van der Waals surface area contributed by atoms with Gasteiger partial charge >= 0.3 is 0 Å². The van der Waals surface area contributed by atoms with Crippen LogP contribution in [0, 0.1) is 11.3 Å². The van der Waals surface area contributed by atoms with Gasteiger partial charge in [0.1, 0.15) is 11.5 Å². The maximum Gasteiger partial charge on any atom is 0.244 e. The highest BCUT2D eigenvalue weighted by Gasteiger charge is 2.03. The number of hydrogen-bond donors (Lipinski definition) is 1. The van der Waals surface area contributed by atoms with Crippen molar-refractivity contribution in [3.8, 4) is 23.4 Å². The minimum atomic E-state index is -0.256. The summed E-state index contributed by atoms with van der Waals surface area (Å²) in [6.07, 6.45) is 4.67. The second kappa shape index (κ2) is 10.4. The first-order valence-corrected chi connectivity index (χ1v) is 9.48. The SMILES string of the molecule is CCOc1ccc(Oc2cc(CNC(=O)/C=C/c3ccccc3C#N)ccn2)cc1. The summed E-state index contributed by atoms with van der Waals surface area (Å²) in [6.45, 7) is 2.86. The first kappa shape index (κ1) is 20.6. The zero-order valence-electron chi connectivity index (χ0n) is 16.5. The van der Waals surface area contributed by atoms with Crippen LogP contribution in [0.25, 0.3) is 6.08 Å². The highest BCUT2D eigenvalue weighted by molar-refractivity contribution is 5.92. The fraction of sp³-hybridized carbons (Fsp3) is 0.125. The summed E-state index contributed by atoms with van der Waals surface area (Å²) >= 11 is 0. The molecule has 0 radical (unpaired) electrons. The van der Waals surface area contributed by atoms with E-state index in [1.807, 2.05) is 37.3 Å². The molecule has 0 aliphatic heterocycles. The molecule has 0 aliphatic carbocycles. The molecule has 3 aromatic rings. The van der Waals surface area contributed by atoms with E-state index >= 15 is 0 Å². The number of nitrogens with one attached hydrogen (secondary N) is 1. The Bertz CT molecular complexity index is 1070. The molecule has 150 valence electrons. The quantitative estimate of drug-likeness (QED) is 0.565. The number of hydrogen-bond acceptors (Lipinski definition) is 5. The van der Waals surface area contributed by atoms with E-state index in [0.29, 0.717) is 35.9 Å². The Morgan fingerprint density at radius 1 is 1.13 bits per heavy atom. The van der Waals surface area contributed by atoms with E-state index in [2.05, 4.69) is 16.4 Å². The van der Waals surface area contributed by atoms with E-state index in [1.54, 1.807) is 42.6 Å². The molecule has 0 unspecified atom stereocenters. The lowest BCUT2D eigenvalue weighted by atomic mass is 10.1. The third kappa shape index (κ3) is 5.94. The van der Waals surface area contributed by atoms with E-state index in [4.69, 9.17) is 14.7 Å². The molecule has 1 aromatic heterocycles. The van der Waals surface area contributed by atoms with Crippen molar-refractivity contribution in [2.24, 2.45) is 0 Å². The summed E-state index contributed by atoms with van der Waals surface area (Å²) in [4.78, 5) is 16.3. The summed E-state index contributed by atoms with van der Waals surface area (Å²) in [5.41, 5.74) is 2.07. The number of carbonyl (C=O) groups excluding carboxylic acids is 1. The van der Waals surface area contributed by atoms with Crippen molar-refractivity contribution in [2.75, 3.05) is 6.61 Å². The summed E-state index contributed by atoms with van der Waals surface area (Å²) in [5, 5.41) is 11.9. The molecule has 1 N–H and O–H groups in total. The minimum absolute atomic E-state index is 0.256. The number of aromatic nitrogens is 1. The van der Waals surface area contributed by atoms with Crippen LogP contribution in [0.2, 0.25) is 0 Å². The summed E-state index contributed by atoms with van der Waals surface area (Å²) in [7, 11) is 0. The molecular formula is C24H21N3O3. The first-order chi connectivity index (χ1) is 14.7. The van der Waals surface area contributed by atoms with Crippen molar-refractivity contribution in [2.45, 2.75) is 13.5 Å². The van der Waals surface area contributed by atoms with Crippen LogP contribution in [-0.2, 0) is 11.3 Å². The van der Waals surface area contributed by atoms with E-state index in [1.165, 1.54) is 6.08 Å². The van der Waals surface area contributed by atoms with Crippen molar-refractivity contribution >= 4 is 12.0 Å². The molecule has 0 fully saturated rings. The van der Waals surface area contributed by atoms with Crippen LogP contribution in [0.15, 0.2) is 72.9 Å². The largest absolute Gasteiger partial charge is 0.494 e. The molecule has 2 aromatic carbocycles. The molecule has 0 aliphatic rings. The van der Waals surface area contributed by atoms with Crippen LogP contribution in [0.4, 0.5) is 0 Å². The number of rotatable bonds is 8. The average molecular weight is 399 g/mol. The van der Waals surface area contributed by atoms with Crippen LogP contribution in [0.1, 0.15) is 23.6 Å². The molecule has 0 saturated heterocycles. The molecule has 1 heterocycles. The zero-order chi connectivity index (χ0) is 21.2. The van der Waals surface area contributed by atoms with Crippen LogP contribution in [-0.4, -0.2) is 17.5 Å². The lowest BCUT2D eigenvalue weighted by molar-refractivity contribution is -0.116. The molecule has 0 atom stereocenters. The predicted octanol–water partition coefficient (Wildman–Crippen LogP) is 4.47. The van der Waals surface area contributed by atoms with Crippen molar-refractivity contribution in [3.05, 3.63) is 89.6 Å². The van der Waals surface area contributed by atoms with Gasteiger partial charge in [0, 0.05) is 24.9 Å². The lowest BCUT2D eigenvalue weighted by Gasteiger charge is -2.08. The van der Waals surface area contributed by atoms with Crippen LogP contribution >= 0.6 is 0 Å². The second-order valence-corrected chi connectivity index (χ2v) is 6.26. The normalized spacial score (nSPS) is 10.4. The van der Waals surface area contributed by atoms with Gasteiger partial charge in [-0.1, -0.05) is 18.2 Å². The topological polar surface area (TPSA) is 84.2 Å². The standard InChI is InChI=1S/C24H21N3O3/c1-2-29-21-8-10-22(11-9-21)30-24-15-18(13-14-26-24)17-27-23(28)12-7-19-5-3-4-6-20(19)16-25/h3-15H,2,17H2,1H3,(H,27,28)/b12-7+. The molecule has 3 rings (SSSR count). The van der Waals surface area contributed by atoms with Crippen LogP contribution in [0.5, 0.6) is 17.4 Å². The summed E-state index contributed by atoms with van der Waals surface area (Å²) < 4.78 is 11.2. The van der Waals surface area contributed by atoms with Crippen molar-refractivity contribution in [3.63, 3.8) is 0 Å². The Morgan fingerprint density at radius 3 is 2.67 bits per heavy atom. The van der Waals surface area contributed by atoms with Crippen LogP contribution in [0.3, 0.4) is 0 Å². The Hall–Kier alpha value is -4.11. The number of ether oxygens (including phenoxy) is 2. The Balaban J connectivity index is 1.56. The second-order valence-electron chi connectivity index (χ2n) is 6.26. The maximum absolute atomic E-state index is 12.1. The van der Waals surface area contributed by atoms with Gasteiger partial charge in [0.15, 0.2) is 0 Å². The third-order valence-corrected chi connectivity index (χ3v) is 4.12. The van der Waals surface area contributed by atoms with E-state index in [9.17, 15) is 4.79 Å². The van der Waals surface area contributed by atoms with Gasteiger partial charge in [-0.15, -0.1) is 0 Å². The molecule has 0 saturated carbocycles. The molecule has 6 heteroatoms. The van der Waals surface area contributed by atoms with Gasteiger partial charge in [-0.25, -0.2) is 4.98 Å². The zero-order valence-corrected chi connectivity index (χ0v) is 16.5. The predicted molar refractivity (Wildman–Crippen MR) is 114 cm³/mol. The fourth-order valence-corrected chi connectivity index (χ4v) is 2.67. The molecule has 6 nitrogen and oxygen atoms in total. The van der Waals surface area contributed by atoms with Crippen molar-refractivity contribution in [1.82, 2.24) is 10.3 Å². The molecular weight excluding hydrogens is 378 g/mol. The highest BCUT2D eigenvalue weighted by atomic mass is 16.5. The molecule has 0 spiro atoms. The van der Waals surface area contributed by atoms with Gasteiger partial charge in [0.05, 0.1) is 18.2 Å². The lowest BCUT2D eigenvalue weighted by Crippen LogP contribution is -2.20. The smallest absolute Gasteiger partial charge is 0.244 e. The number of benzene rings is 2. The average Bonchev–Trinajstić information content (AvgIpc) is 2.78. The molecule has 0 bridgehead atoms. The number of amides is 1. The Labute approximate surface area is 175 Å². The Kier molecular flexibility index (Phi) is 7.17. The van der Waals surface area contributed by atoms with E-state index in [-0.39, 0.29) is 5.91 Å². The maximum atomic E-state index is 12.1. The third-order valence-electron chi connectivity index (χ3n) is 4.12. The Morgan fingerprint density at radius 2 is 1.90 bits per heavy atom.